The molecule has 0 aliphatic carbocycles. The van der Waals surface area contributed by atoms with E-state index in [9.17, 15) is 27.9 Å². The number of rotatable bonds is 15. The van der Waals surface area contributed by atoms with Crippen LogP contribution < -0.4 is 5.32 Å². The maximum Gasteiger partial charge on any atom is 0.416 e. The summed E-state index contributed by atoms with van der Waals surface area (Å²) in [5.41, 5.74) is -0.294. The number of aliphatic carboxylic acids is 1. The van der Waals surface area contributed by atoms with E-state index in [0.717, 1.165) is 69.9 Å². The van der Waals surface area contributed by atoms with Gasteiger partial charge >= 0.3 is 12.1 Å². The van der Waals surface area contributed by atoms with Gasteiger partial charge in [0.2, 0.25) is 5.91 Å². The summed E-state index contributed by atoms with van der Waals surface area (Å²) < 4.78 is 37.6. The van der Waals surface area contributed by atoms with Crippen LogP contribution in [-0.4, -0.2) is 34.7 Å². The van der Waals surface area contributed by atoms with Gasteiger partial charge in [-0.3, -0.25) is 9.59 Å². The summed E-state index contributed by atoms with van der Waals surface area (Å²) in [6, 6.07) is 4.42. The molecule has 1 aromatic carbocycles. The summed E-state index contributed by atoms with van der Waals surface area (Å²) in [4.78, 5) is 22.3. The monoisotopic (exact) mass is 431 g/mol. The SMILES string of the molecule is O=C(O)CCCCCCCCCCCNC(=O)C(O)Cc1ccc(C(F)(F)F)cc1. The van der Waals surface area contributed by atoms with Crippen molar-refractivity contribution in [3.05, 3.63) is 35.4 Å². The Morgan fingerprint density at radius 3 is 1.87 bits per heavy atom. The molecule has 3 N–H and O–H groups in total. The molecule has 0 saturated carbocycles. The Morgan fingerprint density at radius 2 is 1.37 bits per heavy atom. The van der Waals surface area contributed by atoms with Gasteiger partial charge in [-0.1, -0.05) is 57.1 Å². The van der Waals surface area contributed by atoms with Gasteiger partial charge < -0.3 is 15.5 Å². The molecule has 1 atom stereocenters. The van der Waals surface area contributed by atoms with Gasteiger partial charge in [-0.05, 0) is 30.5 Å². The number of hydrogen-bond donors (Lipinski definition) is 3. The lowest BCUT2D eigenvalue weighted by molar-refractivity contribution is -0.138. The van der Waals surface area contributed by atoms with Gasteiger partial charge in [-0.15, -0.1) is 0 Å². The zero-order chi connectivity index (χ0) is 22.4. The Morgan fingerprint density at radius 1 is 0.867 bits per heavy atom. The number of hydrogen-bond acceptors (Lipinski definition) is 3. The van der Waals surface area contributed by atoms with Crippen LogP contribution in [0.25, 0.3) is 0 Å². The fraction of sp³-hybridized carbons (Fsp3) is 0.636. The van der Waals surface area contributed by atoms with Gasteiger partial charge in [-0.2, -0.15) is 13.2 Å². The third-order valence-corrected chi connectivity index (χ3v) is 4.88. The lowest BCUT2D eigenvalue weighted by atomic mass is 10.0. The second kappa shape index (κ2) is 14.0. The summed E-state index contributed by atoms with van der Waals surface area (Å²) in [5, 5.41) is 21.1. The Balaban J connectivity index is 2.05. The average molecular weight is 431 g/mol. The van der Waals surface area contributed by atoms with E-state index in [0.29, 0.717) is 12.1 Å². The molecule has 0 bridgehead atoms. The number of alkyl halides is 3. The fourth-order valence-electron chi connectivity index (χ4n) is 3.11. The molecule has 0 aliphatic heterocycles. The number of carbonyl (C=O) groups is 2. The van der Waals surface area contributed by atoms with Crippen LogP contribution in [0.15, 0.2) is 24.3 Å². The summed E-state index contributed by atoms with van der Waals surface area (Å²) >= 11 is 0. The molecule has 170 valence electrons. The predicted octanol–water partition coefficient (Wildman–Crippen LogP) is 4.71. The van der Waals surface area contributed by atoms with Crippen LogP contribution in [0.5, 0.6) is 0 Å². The van der Waals surface area contributed by atoms with Gasteiger partial charge in [0.05, 0.1) is 5.56 Å². The van der Waals surface area contributed by atoms with Crippen LogP contribution in [0.4, 0.5) is 13.2 Å². The first-order chi connectivity index (χ1) is 14.2. The van der Waals surface area contributed by atoms with Crippen molar-refractivity contribution < 1.29 is 33.0 Å². The Hall–Kier alpha value is -2.09. The Bertz CT molecular complexity index is 632. The molecule has 1 unspecified atom stereocenters. The van der Waals surface area contributed by atoms with E-state index in [-0.39, 0.29) is 12.8 Å². The molecule has 1 aromatic rings. The van der Waals surface area contributed by atoms with E-state index >= 15 is 0 Å². The highest BCUT2D eigenvalue weighted by Crippen LogP contribution is 2.29. The first kappa shape index (κ1) is 25.9. The minimum Gasteiger partial charge on any atom is -0.481 e. The van der Waals surface area contributed by atoms with E-state index in [1.54, 1.807) is 0 Å². The van der Waals surface area contributed by atoms with Crippen molar-refractivity contribution >= 4 is 11.9 Å². The molecule has 0 fully saturated rings. The molecular formula is C22H32F3NO4. The first-order valence-corrected chi connectivity index (χ1v) is 10.5. The number of carboxylic acid groups (broad SMARTS) is 1. The van der Waals surface area contributed by atoms with E-state index in [2.05, 4.69) is 5.32 Å². The van der Waals surface area contributed by atoms with Crippen LogP contribution in [0, 0.1) is 0 Å². The van der Waals surface area contributed by atoms with Crippen molar-refractivity contribution in [2.45, 2.75) is 82.9 Å². The lowest BCUT2D eigenvalue weighted by Crippen LogP contribution is -2.36. The number of unbranched alkanes of at least 4 members (excludes halogenated alkanes) is 8. The van der Waals surface area contributed by atoms with Crippen molar-refractivity contribution in [1.29, 1.82) is 0 Å². The van der Waals surface area contributed by atoms with E-state index in [1.807, 2.05) is 0 Å². The van der Waals surface area contributed by atoms with Crippen molar-refractivity contribution in [2.75, 3.05) is 6.54 Å². The van der Waals surface area contributed by atoms with E-state index in [1.165, 1.54) is 12.1 Å². The van der Waals surface area contributed by atoms with Crippen LogP contribution >= 0.6 is 0 Å². The molecule has 0 spiro atoms. The van der Waals surface area contributed by atoms with Crippen molar-refractivity contribution in [2.24, 2.45) is 0 Å². The van der Waals surface area contributed by atoms with Crippen LogP contribution in [0.3, 0.4) is 0 Å². The quantitative estimate of drug-likeness (QED) is 0.351. The maximum absolute atomic E-state index is 12.5. The molecule has 30 heavy (non-hydrogen) atoms. The van der Waals surface area contributed by atoms with E-state index < -0.39 is 29.7 Å². The second-order valence-electron chi connectivity index (χ2n) is 7.53. The van der Waals surface area contributed by atoms with Gasteiger partial charge in [-0.25, -0.2) is 0 Å². The predicted molar refractivity (Wildman–Crippen MR) is 108 cm³/mol. The van der Waals surface area contributed by atoms with Gasteiger partial charge in [0.1, 0.15) is 6.10 Å². The highest BCUT2D eigenvalue weighted by atomic mass is 19.4. The number of benzene rings is 1. The smallest absolute Gasteiger partial charge is 0.416 e. The second-order valence-corrected chi connectivity index (χ2v) is 7.53. The third kappa shape index (κ3) is 11.8. The molecule has 8 heteroatoms. The normalized spacial score (nSPS) is 12.5. The summed E-state index contributed by atoms with van der Waals surface area (Å²) in [6.45, 7) is 0.456. The minimum atomic E-state index is -4.41. The number of carboxylic acids is 1. The van der Waals surface area contributed by atoms with Crippen molar-refractivity contribution in [1.82, 2.24) is 5.32 Å². The molecular weight excluding hydrogens is 399 g/mol. The molecule has 0 aliphatic rings. The maximum atomic E-state index is 12.5. The standard InChI is InChI=1S/C22H32F3NO4/c23-22(24,25)18-13-11-17(12-14-18)16-19(27)21(30)26-15-9-7-5-3-1-2-4-6-8-10-20(28)29/h11-14,19,27H,1-10,15-16H2,(H,26,30)(H,28,29). The highest BCUT2D eigenvalue weighted by molar-refractivity contribution is 5.80. The summed E-state index contributed by atoms with van der Waals surface area (Å²) in [7, 11) is 0. The molecule has 0 saturated heterocycles. The number of amides is 1. The largest absolute Gasteiger partial charge is 0.481 e. The van der Waals surface area contributed by atoms with Crippen LogP contribution in [0.1, 0.15) is 75.3 Å². The third-order valence-electron chi connectivity index (χ3n) is 4.88. The number of nitrogens with one attached hydrogen (secondary N) is 1. The summed E-state index contributed by atoms with van der Waals surface area (Å²) in [6.07, 6.45) is 3.40. The zero-order valence-electron chi connectivity index (χ0n) is 17.2. The number of carbonyl (C=O) groups excluding carboxylic acids is 1. The van der Waals surface area contributed by atoms with Gasteiger partial charge in [0.15, 0.2) is 0 Å². The molecule has 1 rings (SSSR count). The number of aliphatic hydroxyl groups excluding tert-OH is 1. The lowest BCUT2D eigenvalue weighted by Gasteiger charge is -2.12. The zero-order valence-corrected chi connectivity index (χ0v) is 17.2. The van der Waals surface area contributed by atoms with Gasteiger partial charge in [0.25, 0.3) is 0 Å². The van der Waals surface area contributed by atoms with Crippen LogP contribution in [-0.2, 0) is 22.2 Å². The highest BCUT2D eigenvalue weighted by Gasteiger charge is 2.30. The van der Waals surface area contributed by atoms with Gasteiger partial charge in [0, 0.05) is 19.4 Å². The Kier molecular flexibility index (Phi) is 12.1. The topological polar surface area (TPSA) is 86.6 Å². The molecule has 0 heterocycles. The number of aliphatic hydroxyl groups is 1. The molecule has 5 nitrogen and oxygen atoms in total. The minimum absolute atomic E-state index is 0.0313. The molecule has 0 radical (unpaired) electrons. The fourth-order valence-corrected chi connectivity index (χ4v) is 3.11. The number of halogens is 3. The van der Waals surface area contributed by atoms with Crippen molar-refractivity contribution in [3.8, 4) is 0 Å². The molecule has 1 amide bonds. The summed E-state index contributed by atoms with van der Waals surface area (Å²) in [5.74, 6) is -1.26. The average Bonchev–Trinajstić information content (AvgIpc) is 2.68. The molecule has 0 aromatic heterocycles. The van der Waals surface area contributed by atoms with E-state index in [4.69, 9.17) is 5.11 Å². The van der Waals surface area contributed by atoms with Crippen LogP contribution in [0.2, 0.25) is 0 Å². The first-order valence-electron chi connectivity index (χ1n) is 10.5. The van der Waals surface area contributed by atoms with Crippen molar-refractivity contribution in [3.63, 3.8) is 0 Å². The Labute approximate surface area is 175 Å².